The average Bonchev–Trinajstić information content (AvgIpc) is 2.83. The number of carbonyl (C=O) groups is 1. The Labute approximate surface area is 152 Å². The second kappa shape index (κ2) is 7.78. The third-order valence-corrected chi connectivity index (χ3v) is 5.71. The number of amides is 1. The highest BCUT2D eigenvalue weighted by atomic mass is 32.2. The summed E-state index contributed by atoms with van der Waals surface area (Å²) in [5.74, 6) is 0.0261. The Morgan fingerprint density at radius 1 is 1.25 bits per heavy atom. The molecule has 0 radical (unpaired) electrons. The van der Waals surface area contributed by atoms with Gasteiger partial charge in [0.15, 0.2) is 0 Å². The molecule has 0 atom stereocenters. The lowest BCUT2D eigenvalue weighted by molar-refractivity contribution is -0.122. The Morgan fingerprint density at radius 2 is 2.00 bits per heavy atom. The molecular weight excluding hydrogens is 340 g/mol. The zero-order valence-corrected chi connectivity index (χ0v) is 15.7. The number of thiocarbonyl (C=S) groups is 1. The topological polar surface area (TPSA) is 32.8 Å². The second-order valence-corrected chi connectivity index (χ2v) is 7.82. The quantitative estimate of drug-likeness (QED) is 0.608. The molecule has 2 heterocycles. The monoisotopic (exact) mass is 362 g/mol. The summed E-state index contributed by atoms with van der Waals surface area (Å²) in [6.07, 6.45) is 1.96. The fraction of sp³-hybridized carbons (Fsp3) is 0.444. The average molecular weight is 363 g/mol. The molecule has 1 amide bonds. The number of nitrogens with zero attached hydrogens (tertiary/aromatic N) is 2. The van der Waals surface area contributed by atoms with Crippen molar-refractivity contribution in [2.45, 2.75) is 13.8 Å². The number of hydrogen-bond acceptors (Lipinski definition) is 5. The molecule has 128 valence electrons. The van der Waals surface area contributed by atoms with Gasteiger partial charge in [-0.2, -0.15) is 0 Å². The molecule has 1 aromatic rings. The summed E-state index contributed by atoms with van der Waals surface area (Å²) in [5, 5.41) is 0. The van der Waals surface area contributed by atoms with E-state index in [1.807, 2.05) is 6.08 Å². The highest BCUT2D eigenvalue weighted by molar-refractivity contribution is 8.26. The molecule has 0 spiro atoms. The third-order valence-electron chi connectivity index (χ3n) is 4.33. The smallest absolute Gasteiger partial charge is 0.266 e. The molecule has 24 heavy (non-hydrogen) atoms. The number of ether oxygens (including phenoxy) is 1. The van der Waals surface area contributed by atoms with Gasteiger partial charge in [0, 0.05) is 26.2 Å². The molecule has 0 aromatic heterocycles. The van der Waals surface area contributed by atoms with Gasteiger partial charge in [-0.1, -0.05) is 47.7 Å². The van der Waals surface area contributed by atoms with E-state index in [2.05, 4.69) is 36.9 Å². The molecule has 2 fully saturated rings. The van der Waals surface area contributed by atoms with Gasteiger partial charge in [-0.15, -0.1) is 0 Å². The van der Waals surface area contributed by atoms with Gasteiger partial charge in [0.2, 0.25) is 0 Å². The summed E-state index contributed by atoms with van der Waals surface area (Å²) in [6.45, 7) is 9.01. The maximum Gasteiger partial charge on any atom is 0.266 e. The number of hydrogen-bond donors (Lipinski definition) is 0. The minimum atomic E-state index is 0.0261. The Kier molecular flexibility index (Phi) is 5.71. The van der Waals surface area contributed by atoms with Gasteiger partial charge >= 0.3 is 0 Å². The van der Waals surface area contributed by atoms with Crippen molar-refractivity contribution in [1.29, 1.82) is 0 Å². The van der Waals surface area contributed by atoms with Gasteiger partial charge in [0.05, 0.1) is 18.1 Å². The number of thioether (sulfide) groups is 1. The maximum atomic E-state index is 12.7. The highest BCUT2D eigenvalue weighted by Crippen LogP contribution is 2.33. The maximum absolute atomic E-state index is 12.7. The highest BCUT2D eigenvalue weighted by Gasteiger charge is 2.32. The van der Waals surface area contributed by atoms with E-state index in [4.69, 9.17) is 17.0 Å². The predicted octanol–water partition coefficient (Wildman–Crippen LogP) is 2.84. The van der Waals surface area contributed by atoms with Crippen LogP contribution < -0.4 is 0 Å². The van der Waals surface area contributed by atoms with E-state index in [9.17, 15) is 4.79 Å². The van der Waals surface area contributed by atoms with E-state index in [-0.39, 0.29) is 5.91 Å². The van der Waals surface area contributed by atoms with Crippen molar-refractivity contribution in [1.82, 2.24) is 9.80 Å². The van der Waals surface area contributed by atoms with Crippen molar-refractivity contribution in [3.05, 3.63) is 39.8 Å². The lowest BCUT2D eigenvalue weighted by Gasteiger charge is -2.28. The van der Waals surface area contributed by atoms with Crippen LogP contribution in [0.15, 0.2) is 23.1 Å². The summed E-state index contributed by atoms with van der Waals surface area (Å²) in [5.41, 5.74) is 3.48. The number of rotatable bonds is 4. The minimum Gasteiger partial charge on any atom is -0.379 e. The van der Waals surface area contributed by atoms with Crippen LogP contribution in [0.4, 0.5) is 0 Å². The van der Waals surface area contributed by atoms with Gasteiger partial charge in [-0.05, 0) is 31.1 Å². The summed E-state index contributed by atoms with van der Waals surface area (Å²) >= 11 is 6.82. The molecule has 3 rings (SSSR count). The Bertz CT molecular complexity index is 682. The number of carbonyl (C=O) groups excluding carboxylic acids is 1. The molecule has 4 nitrogen and oxygen atoms in total. The van der Waals surface area contributed by atoms with Crippen molar-refractivity contribution in [3.63, 3.8) is 0 Å². The molecule has 2 saturated heterocycles. The Morgan fingerprint density at radius 3 is 2.71 bits per heavy atom. The first-order valence-corrected chi connectivity index (χ1v) is 9.40. The first kappa shape index (κ1) is 17.6. The Balaban J connectivity index is 1.67. The van der Waals surface area contributed by atoms with Gasteiger partial charge < -0.3 is 4.74 Å². The summed E-state index contributed by atoms with van der Waals surface area (Å²) in [6, 6.07) is 6.26. The van der Waals surface area contributed by atoms with Crippen LogP contribution in [0.2, 0.25) is 0 Å². The van der Waals surface area contributed by atoms with Crippen LogP contribution in [0.25, 0.3) is 6.08 Å². The standard InChI is InChI=1S/C18H22N2O2S2/c1-13-3-4-15(14(2)11-13)12-16-17(21)20(18(23)24-16)6-5-19-7-9-22-10-8-19/h3-4,11-12H,5-10H2,1-2H3/b16-12-. The van der Waals surface area contributed by atoms with E-state index >= 15 is 0 Å². The van der Waals surface area contributed by atoms with Crippen LogP contribution in [-0.2, 0) is 9.53 Å². The van der Waals surface area contributed by atoms with Gasteiger partial charge in [0.25, 0.3) is 5.91 Å². The largest absolute Gasteiger partial charge is 0.379 e. The zero-order chi connectivity index (χ0) is 17.1. The molecule has 2 aliphatic rings. The van der Waals surface area contributed by atoms with Crippen molar-refractivity contribution >= 4 is 40.3 Å². The molecule has 1 aromatic carbocycles. The molecule has 0 bridgehead atoms. The second-order valence-electron chi connectivity index (χ2n) is 6.15. The summed E-state index contributed by atoms with van der Waals surface area (Å²) in [4.78, 5) is 17.4. The fourth-order valence-corrected chi connectivity index (χ4v) is 4.19. The lowest BCUT2D eigenvalue weighted by Crippen LogP contribution is -2.42. The first-order valence-electron chi connectivity index (χ1n) is 8.17. The third kappa shape index (κ3) is 4.06. The van der Waals surface area contributed by atoms with Crippen LogP contribution in [-0.4, -0.2) is 59.4 Å². The molecular formula is C18H22N2O2S2. The van der Waals surface area contributed by atoms with Gasteiger partial charge in [-0.25, -0.2) is 0 Å². The number of morpholine rings is 1. The summed E-state index contributed by atoms with van der Waals surface area (Å²) < 4.78 is 6.01. The van der Waals surface area contributed by atoms with E-state index in [1.54, 1.807) is 4.90 Å². The van der Waals surface area contributed by atoms with E-state index in [0.29, 0.717) is 15.8 Å². The summed E-state index contributed by atoms with van der Waals surface area (Å²) in [7, 11) is 0. The van der Waals surface area contributed by atoms with Crippen molar-refractivity contribution in [2.75, 3.05) is 39.4 Å². The lowest BCUT2D eigenvalue weighted by atomic mass is 10.1. The van der Waals surface area contributed by atoms with Gasteiger partial charge in [-0.3, -0.25) is 14.6 Å². The van der Waals surface area contributed by atoms with Crippen LogP contribution in [0, 0.1) is 13.8 Å². The molecule has 0 saturated carbocycles. The van der Waals surface area contributed by atoms with Crippen molar-refractivity contribution in [2.24, 2.45) is 0 Å². The Hall–Kier alpha value is -1.21. The van der Waals surface area contributed by atoms with Crippen molar-refractivity contribution < 1.29 is 9.53 Å². The predicted molar refractivity (Wildman–Crippen MR) is 103 cm³/mol. The SMILES string of the molecule is Cc1ccc(/C=C2\SC(=S)N(CCN3CCOCC3)C2=O)c(C)c1. The van der Waals surface area contributed by atoms with E-state index in [0.717, 1.165) is 38.4 Å². The molecule has 0 unspecified atom stereocenters. The fourth-order valence-electron chi connectivity index (χ4n) is 2.89. The molecule has 0 aliphatic carbocycles. The number of aryl methyl sites for hydroxylation is 2. The molecule has 2 aliphatic heterocycles. The van der Waals surface area contributed by atoms with E-state index in [1.165, 1.54) is 22.9 Å². The van der Waals surface area contributed by atoms with Crippen molar-refractivity contribution in [3.8, 4) is 0 Å². The minimum absolute atomic E-state index is 0.0261. The van der Waals surface area contributed by atoms with Crippen LogP contribution in [0.1, 0.15) is 16.7 Å². The van der Waals surface area contributed by atoms with Crippen LogP contribution >= 0.6 is 24.0 Å². The van der Waals surface area contributed by atoms with Crippen LogP contribution in [0.3, 0.4) is 0 Å². The molecule has 0 N–H and O–H groups in total. The van der Waals surface area contributed by atoms with Crippen LogP contribution in [0.5, 0.6) is 0 Å². The van der Waals surface area contributed by atoms with Gasteiger partial charge in [0.1, 0.15) is 4.32 Å². The zero-order valence-electron chi connectivity index (χ0n) is 14.1. The first-order chi connectivity index (χ1) is 11.5. The molecule has 6 heteroatoms. The normalized spacial score (nSPS) is 21.1. The van der Waals surface area contributed by atoms with E-state index < -0.39 is 0 Å². The number of benzene rings is 1.